The quantitative estimate of drug-likeness (QED) is 0.816. The van der Waals surface area contributed by atoms with E-state index in [9.17, 15) is 4.79 Å². The van der Waals surface area contributed by atoms with Crippen molar-refractivity contribution in [2.45, 2.75) is 20.3 Å². The lowest BCUT2D eigenvalue weighted by Gasteiger charge is -2.12. The number of aryl methyl sites for hydroxylation is 2. The largest absolute Gasteiger partial charge is 0.384 e. The molecular weight excluding hydrogens is 234 g/mol. The highest BCUT2D eigenvalue weighted by atomic mass is 16.1. The second-order valence-corrected chi connectivity index (χ2v) is 4.73. The fourth-order valence-electron chi connectivity index (χ4n) is 2.16. The summed E-state index contributed by atoms with van der Waals surface area (Å²) in [4.78, 5) is 12.0. The van der Waals surface area contributed by atoms with Crippen molar-refractivity contribution < 1.29 is 4.79 Å². The molecule has 0 radical (unpaired) electrons. The number of rotatable bonds is 5. The second kappa shape index (κ2) is 6.19. The highest BCUT2D eigenvalue weighted by Crippen LogP contribution is 2.19. The van der Waals surface area contributed by atoms with Gasteiger partial charge in [-0.3, -0.25) is 4.79 Å². The van der Waals surface area contributed by atoms with Gasteiger partial charge in [-0.15, -0.1) is 0 Å². The zero-order valence-electron chi connectivity index (χ0n) is 11.4. The number of nitrogens with one attached hydrogen (secondary N) is 1. The van der Waals surface area contributed by atoms with Crippen LogP contribution in [0.1, 0.15) is 27.9 Å². The van der Waals surface area contributed by atoms with E-state index in [0.29, 0.717) is 13.0 Å². The minimum absolute atomic E-state index is 0.180. The fourth-order valence-corrected chi connectivity index (χ4v) is 2.16. The van der Waals surface area contributed by atoms with Gasteiger partial charge >= 0.3 is 0 Å². The van der Waals surface area contributed by atoms with Crippen molar-refractivity contribution in [2.75, 3.05) is 11.9 Å². The van der Waals surface area contributed by atoms with Crippen LogP contribution < -0.4 is 5.32 Å². The molecule has 0 aliphatic carbocycles. The van der Waals surface area contributed by atoms with Gasteiger partial charge < -0.3 is 5.32 Å². The second-order valence-electron chi connectivity index (χ2n) is 4.73. The van der Waals surface area contributed by atoms with E-state index in [1.807, 2.05) is 36.4 Å². The van der Waals surface area contributed by atoms with Gasteiger partial charge in [0, 0.05) is 24.2 Å². The van der Waals surface area contributed by atoms with Gasteiger partial charge in [-0.25, -0.2) is 0 Å². The van der Waals surface area contributed by atoms with Crippen molar-refractivity contribution in [3.05, 3.63) is 65.2 Å². The molecule has 2 aromatic carbocycles. The molecule has 0 aromatic heterocycles. The lowest BCUT2D eigenvalue weighted by molar-refractivity contribution is 0.0986. The topological polar surface area (TPSA) is 29.1 Å². The van der Waals surface area contributed by atoms with E-state index >= 15 is 0 Å². The Morgan fingerprint density at radius 1 is 0.947 bits per heavy atom. The average molecular weight is 253 g/mol. The van der Waals surface area contributed by atoms with Crippen molar-refractivity contribution in [3.63, 3.8) is 0 Å². The Labute approximate surface area is 114 Å². The molecule has 19 heavy (non-hydrogen) atoms. The summed E-state index contributed by atoms with van der Waals surface area (Å²) in [6.45, 7) is 4.82. The van der Waals surface area contributed by atoms with Crippen LogP contribution in [-0.2, 0) is 0 Å². The molecule has 0 unspecified atom stereocenters. The molecule has 0 spiro atoms. The van der Waals surface area contributed by atoms with E-state index in [-0.39, 0.29) is 5.78 Å². The van der Waals surface area contributed by atoms with Gasteiger partial charge in [0.25, 0.3) is 0 Å². The Kier molecular flexibility index (Phi) is 4.35. The van der Waals surface area contributed by atoms with Crippen molar-refractivity contribution >= 4 is 11.5 Å². The van der Waals surface area contributed by atoms with Crippen LogP contribution in [0.3, 0.4) is 0 Å². The van der Waals surface area contributed by atoms with E-state index in [2.05, 4.69) is 31.3 Å². The first-order chi connectivity index (χ1) is 9.18. The molecule has 1 N–H and O–H groups in total. The van der Waals surface area contributed by atoms with Gasteiger partial charge in [0.15, 0.2) is 5.78 Å². The Morgan fingerprint density at radius 2 is 1.58 bits per heavy atom. The van der Waals surface area contributed by atoms with E-state index in [0.717, 1.165) is 11.3 Å². The molecule has 98 valence electrons. The summed E-state index contributed by atoms with van der Waals surface area (Å²) in [5.74, 6) is 0.180. The number of hydrogen-bond donors (Lipinski definition) is 1. The van der Waals surface area contributed by atoms with Crippen LogP contribution >= 0.6 is 0 Å². The first-order valence-electron chi connectivity index (χ1n) is 6.57. The molecule has 2 aromatic rings. The molecule has 2 rings (SSSR count). The number of anilines is 1. The maximum absolute atomic E-state index is 12.0. The van der Waals surface area contributed by atoms with E-state index in [1.165, 1.54) is 11.1 Å². The highest BCUT2D eigenvalue weighted by Gasteiger charge is 2.06. The van der Waals surface area contributed by atoms with Crippen molar-refractivity contribution in [3.8, 4) is 0 Å². The van der Waals surface area contributed by atoms with Gasteiger partial charge in [0.1, 0.15) is 0 Å². The third kappa shape index (κ3) is 3.44. The Balaban J connectivity index is 1.92. The molecule has 2 heteroatoms. The number of carbonyl (C=O) groups is 1. The van der Waals surface area contributed by atoms with Crippen molar-refractivity contribution in [1.29, 1.82) is 0 Å². The molecule has 0 amide bonds. The van der Waals surface area contributed by atoms with E-state index in [1.54, 1.807) is 0 Å². The summed E-state index contributed by atoms with van der Waals surface area (Å²) in [5, 5.41) is 3.36. The molecule has 0 bridgehead atoms. The molecule has 0 heterocycles. The third-order valence-corrected chi connectivity index (χ3v) is 3.23. The first-order valence-corrected chi connectivity index (χ1v) is 6.57. The number of Topliss-reactive ketones (excluding diaryl/α,β-unsaturated/α-hetero) is 1. The van der Waals surface area contributed by atoms with E-state index < -0.39 is 0 Å². The van der Waals surface area contributed by atoms with Crippen LogP contribution in [-0.4, -0.2) is 12.3 Å². The normalized spacial score (nSPS) is 10.2. The summed E-state index contributed by atoms with van der Waals surface area (Å²) in [7, 11) is 0. The predicted molar refractivity (Wildman–Crippen MR) is 79.8 cm³/mol. The van der Waals surface area contributed by atoms with Gasteiger partial charge in [-0.1, -0.05) is 48.5 Å². The van der Waals surface area contributed by atoms with E-state index in [4.69, 9.17) is 0 Å². The molecular formula is C17H19NO. The predicted octanol–water partition coefficient (Wildman–Crippen LogP) is 3.99. The number of ketones is 1. The number of hydrogen-bond acceptors (Lipinski definition) is 2. The minimum atomic E-state index is 0.180. The number of para-hydroxylation sites is 1. The summed E-state index contributed by atoms with van der Waals surface area (Å²) in [6.07, 6.45) is 0.512. The smallest absolute Gasteiger partial charge is 0.164 e. The molecule has 2 nitrogen and oxygen atoms in total. The van der Waals surface area contributed by atoms with Gasteiger partial charge in [-0.2, -0.15) is 0 Å². The summed E-state index contributed by atoms with van der Waals surface area (Å²) < 4.78 is 0. The molecule has 0 aliphatic heterocycles. The van der Waals surface area contributed by atoms with Crippen LogP contribution in [0.4, 0.5) is 5.69 Å². The minimum Gasteiger partial charge on any atom is -0.384 e. The van der Waals surface area contributed by atoms with Gasteiger partial charge in [0.2, 0.25) is 0 Å². The van der Waals surface area contributed by atoms with Crippen LogP contribution in [0, 0.1) is 13.8 Å². The third-order valence-electron chi connectivity index (χ3n) is 3.23. The van der Waals surface area contributed by atoms with Crippen LogP contribution in [0.2, 0.25) is 0 Å². The van der Waals surface area contributed by atoms with Crippen LogP contribution in [0.15, 0.2) is 48.5 Å². The maximum Gasteiger partial charge on any atom is 0.164 e. The van der Waals surface area contributed by atoms with Gasteiger partial charge in [0.05, 0.1) is 0 Å². The average Bonchev–Trinajstić information content (AvgIpc) is 2.43. The Morgan fingerprint density at radius 3 is 2.21 bits per heavy atom. The molecule has 0 saturated carbocycles. The zero-order valence-corrected chi connectivity index (χ0v) is 11.4. The number of benzene rings is 2. The van der Waals surface area contributed by atoms with Crippen LogP contribution in [0.25, 0.3) is 0 Å². The van der Waals surface area contributed by atoms with Crippen molar-refractivity contribution in [2.24, 2.45) is 0 Å². The SMILES string of the molecule is Cc1cccc(C)c1NCCC(=O)c1ccccc1. The molecule has 0 atom stereocenters. The number of carbonyl (C=O) groups excluding carboxylic acids is 1. The van der Waals surface area contributed by atoms with Gasteiger partial charge in [-0.05, 0) is 25.0 Å². The summed E-state index contributed by atoms with van der Waals surface area (Å²) in [6, 6.07) is 15.6. The Bertz CT molecular complexity index is 540. The first kappa shape index (κ1) is 13.3. The summed E-state index contributed by atoms with van der Waals surface area (Å²) in [5.41, 5.74) is 4.36. The standard InChI is InChI=1S/C17H19NO/c1-13-7-6-8-14(2)17(13)18-12-11-16(19)15-9-4-3-5-10-15/h3-10,18H,11-12H2,1-2H3. The Hall–Kier alpha value is -2.09. The highest BCUT2D eigenvalue weighted by molar-refractivity contribution is 5.96. The monoisotopic (exact) mass is 253 g/mol. The lowest BCUT2D eigenvalue weighted by Crippen LogP contribution is -2.10. The van der Waals surface area contributed by atoms with Crippen LogP contribution in [0.5, 0.6) is 0 Å². The molecule has 0 saturated heterocycles. The molecule has 0 aliphatic rings. The van der Waals surface area contributed by atoms with Crippen molar-refractivity contribution in [1.82, 2.24) is 0 Å². The zero-order chi connectivity index (χ0) is 13.7. The molecule has 0 fully saturated rings. The lowest BCUT2D eigenvalue weighted by atomic mass is 10.1. The fraction of sp³-hybridized carbons (Fsp3) is 0.235. The summed E-state index contributed by atoms with van der Waals surface area (Å²) >= 11 is 0. The maximum atomic E-state index is 12.0.